The summed E-state index contributed by atoms with van der Waals surface area (Å²) in [6, 6.07) is 7.60. The highest BCUT2D eigenvalue weighted by molar-refractivity contribution is 5.90. The van der Waals surface area contributed by atoms with Gasteiger partial charge in [-0.3, -0.25) is 10.1 Å². The Morgan fingerprint density at radius 2 is 2.26 bits per heavy atom. The number of nitro benzene ring substituents is 1. The van der Waals surface area contributed by atoms with Gasteiger partial charge in [-0.1, -0.05) is 13.0 Å². The Morgan fingerprint density at radius 1 is 1.41 bits per heavy atom. The van der Waals surface area contributed by atoms with Crippen molar-refractivity contribution in [1.29, 1.82) is 0 Å². The van der Waals surface area contributed by atoms with Gasteiger partial charge in [-0.2, -0.15) is 0 Å². The van der Waals surface area contributed by atoms with E-state index in [4.69, 9.17) is 4.74 Å². The highest BCUT2D eigenvalue weighted by atomic mass is 16.6. The Balaban J connectivity index is 1.60. The van der Waals surface area contributed by atoms with Gasteiger partial charge in [-0.15, -0.1) is 0 Å². The molecule has 0 radical (unpaired) electrons. The summed E-state index contributed by atoms with van der Waals surface area (Å²) >= 11 is 0. The molecular weight excluding hydrogens is 348 g/mol. The van der Waals surface area contributed by atoms with E-state index in [2.05, 4.69) is 10.3 Å². The lowest BCUT2D eigenvalue weighted by atomic mass is 9.87. The summed E-state index contributed by atoms with van der Waals surface area (Å²) in [5, 5.41) is 14.2. The van der Waals surface area contributed by atoms with Crippen molar-refractivity contribution in [1.82, 2.24) is 9.38 Å². The van der Waals surface area contributed by atoms with Gasteiger partial charge in [0.25, 0.3) is 5.69 Å². The van der Waals surface area contributed by atoms with Gasteiger partial charge in [0.2, 0.25) is 0 Å². The van der Waals surface area contributed by atoms with Crippen molar-refractivity contribution < 1.29 is 14.5 Å². The van der Waals surface area contributed by atoms with Crippen LogP contribution in [0.3, 0.4) is 0 Å². The number of pyridine rings is 1. The van der Waals surface area contributed by atoms with Crippen molar-refractivity contribution in [3.63, 3.8) is 0 Å². The number of fused-ring (bicyclic) bond motifs is 3. The SMILES string of the molecule is CC[C@@H]1c2ccn3ccnc3c2NC[C@@H]1OC(=O)c1cccc([N+](=O)[O-])c1. The fraction of sp³-hybridized carbons (Fsp3) is 0.263. The average Bonchev–Trinajstić information content (AvgIpc) is 3.16. The van der Waals surface area contributed by atoms with Gasteiger partial charge in [-0.25, -0.2) is 9.78 Å². The topological polar surface area (TPSA) is 98.8 Å². The summed E-state index contributed by atoms with van der Waals surface area (Å²) in [6.45, 7) is 2.50. The summed E-state index contributed by atoms with van der Waals surface area (Å²) in [7, 11) is 0. The number of aromatic nitrogens is 2. The smallest absolute Gasteiger partial charge is 0.338 e. The number of anilines is 1. The number of hydrogen-bond donors (Lipinski definition) is 1. The summed E-state index contributed by atoms with van der Waals surface area (Å²) in [5.74, 6) is -0.542. The molecule has 8 nitrogen and oxygen atoms in total. The minimum Gasteiger partial charge on any atom is -0.456 e. The Labute approximate surface area is 154 Å². The van der Waals surface area contributed by atoms with E-state index in [0.29, 0.717) is 6.54 Å². The second-order valence-corrected chi connectivity index (χ2v) is 6.45. The number of ether oxygens (including phenoxy) is 1. The first-order valence-corrected chi connectivity index (χ1v) is 8.73. The third kappa shape index (κ3) is 2.99. The van der Waals surface area contributed by atoms with Gasteiger partial charge in [0.15, 0.2) is 5.65 Å². The van der Waals surface area contributed by atoms with Crippen LogP contribution in [0.2, 0.25) is 0 Å². The van der Waals surface area contributed by atoms with Gasteiger partial charge >= 0.3 is 5.97 Å². The molecule has 0 saturated heterocycles. The molecule has 1 aliphatic rings. The third-order valence-corrected chi connectivity index (χ3v) is 4.91. The van der Waals surface area contributed by atoms with Crippen molar-refractivity contribution in [2.75, 3.05) is 11.9 Å². The Hall–Kier alpha value is -3.42. The summed E-state index contributed by atoms with van der Waals surface area (Å²) < 4.78 is 7.65. The lowest BCUT2D eigenvalue weighted by Crippen LogP contribution is -2.36. The average molecular weight is 366 g/mol. The van der Waals surface area contributed by atoms with Crippen LogP contribution >= 0.6 is 0 Å². The van der Waals surface area contributed by atoms with Crippen molar-refractivity contribution in [2.24, 2.45) is 0 Å². The predicted octanol–water partition coefficient (Wildman–Crippen LogP) is 3.39. The van der Waals surface area contributed by atoms with Crippen LogP contribution in [0.5, 0.6) is 0 Å². The second-order valence-electron chi connectivity index (χ2n) is 6.45. The molecule has 1 aliphatic heterocycles. The lowest BCUT2D eigenvalue weighted by Gasteiger charge is -2.33. The standard InChI is InChI=1S/C19H18N4O4/c1-2-14-15-6-8-22-9-7-20-18(22)17(15)21-11-16(14)27-19(24)12-4-3-5-13(10-12)23(25)26/h3-10,14,16,21H,2,11H2,1H3/t14-,16+/m1/s1. The van der Waals surface area contributed by atoms with E-state index in [1.165, 1.54) is 24.3 Å². The lowest BCUT2D eigenvalue weighted by molar-refractivity contribution is -0.384. The largest absolute Gasteiger partial charge is 0.456 e. The predicted molar refractivity (Wildman–Crippen MR) is 99.0 cm³/mol. The minimum atomic E-state index is -0.561. The van der Waals surface area contributed by atoms with Crippen molar-refractivity contribution in [2.45, 2.75) is 25.4 Å². The molecule has 0 amide bonds. The Bertz CT molecular complexity index is 1030. The summed E-state index contributed by atoms with van der Waals surface area (Å²) in [5.41, 5.74) is 2.89. The van der Waals surface area contributed by atoms with E-state index in [9.17, 15) is 14.9 Å². The first kappa shape index (κ1) is 17.0. The number of imidazole rings is 1. The van der Waals surface area contributed by atoms with Crippen LogP contribution in [0.1, 0.15) is 35.2 Å². The summed E-state index contributed by atoms with van der Waals surface area (Å²) in [4.78, 5) is 27.3. The number of non-ortho nitro benzene ring substituents is 1. The highest BCUT2D eigenvalue weighted by Gasteiger charge is 2.33. The van der Waals surface area contributed by atoms with Crippen molar-refractivity contribution in [3.05, 3.63) is 70.2 Å². The molecule has 138 valence electrons. The molecular formula is C19H18N4O4. The number of carbonyl (C=O) groups excluding carboxylic acids is 1. The van der Waals surface area contributed by atoms with Crippen molar-refractivity contribution in [3.8, 4) is 0 Å². The van der Waals surface area contributed by atoms with Gasteiger partial charge < -0.3 is 14.5 Å². The second kappa shape index (κ2) is 6.71. The molecule has 0 unspecified atom stereocenters. The number of nitrogens with one attached hydrogen (secondary N) is 1. The number of benzene rings is 1. The fourth-order valence-corrected chi connectivity index (χ4v) is 3.59. The van der Waals surface area contributed by atoms with Gasteiger partial charge in [0.1, 0.15) is 6.10 Å². The number of nitro groups is 1. The Kier molecular flexibility index (Phi) is 4.23. The molecule has 1 N–H and O–H groups in total. The van der Waals surface area contributed by atoms with E-state index in [-0.39, 0.29) is 23.3 Å². The highest BCUT2D eigenvalue weighted by Crippen LogP contribution is 2.37. The van der Waals surface area contributed by atoms with Gasteiger partial charge in [-0.05, 0) is 24.1 Å². The van der Waals surface area contributed by atoms with Gasteiger partial charge in [0.05, 0.1) is 22.7 Å². The number of esters is 1. The first-order chi connectivity index (χ1) is 13.1. The zero-order valence-corrected chi connectivity index (χ0v) is 14.7. The zero-order valence-electron chi connectivity index (χ0n) is 14.7. The molecule has 2 atom stereocenters. The van der Waals surface area contributed by atoms with Crippen LogP contribution in [0.25, 0.3) is 5.65 Å². The quantitative estimate of drug-likeness (QED) is 0.432. The molecule has 3 heterocycles. The maximum absolute atomic E-state index is 12.5. The molecule has 4 rings (SSSR count). The maximum Gasteiger partial charge on any atom is 0.338 e. The molecule has 2 aromatic heterocycles. The van der Waals surface area contributed by atoms with Crippen LogP contribution < -0.4 is 5.32 Å². The zero-order chi connectivity index (χ0) is 19.0. The van der Waals surface area contributed by atoms with Crippen LogP contribution in [0, 0.1) is 10.1 Å². The number of nitrogens with zero attached hydrogens (tertiary/aromatic N) is 3. The van der Waals surface area contributed by atoms with E-state index >= 15 is 0 Å². The van der Waals surface area contributed by atoms with Crippen molar-refractivity contribution >= 4 is 23.0 Å². The van der Waals surface area contributed by atoms with Gasteiger partial charge in [0, 0.05) is 36.6 Å². The van der Waals surface area contributed by atoms with Crippen LogP contribution in [0.15, 0.2) is 48.9 Å². The number of hydrogen-bond acceptors (Lipinski definition) is 6. The van der Waals surface area contributed by atoms with E-state index < -0.39 is 10.9 Å². The summed E-state index contributed by atoms with van der Waals surface area (Å²) in [6.07, 6.45) is 5.99. The molecule has 0 spiro atoms. The van der Waals surface area contributed by atoms with E-state index in [1.807, 2.05) is 29.8 Å². The maximum atomic E-state index is 12.5. The molecule has 0 bridgehead atoms. The molecule has 3 aromatic rings. The van der Waals surface area contributed by atoms with E-state index in [1.54, 1.807) is 6.20 Å². The molecule has 1 aromatic carbocycles. The minimum absolute atomic E-state index is 0.0191. The molecule has 0 fully saturated rings. The van der Waals surface area contributed by atoms with E-state index in [0.717, 1.165) is 23.3 Å². The normalized spacial score (nSPS) is 18.6. The van der Waals surface area contributed by atoms with Crippen LogP contribution in [-0.2, 0) is 4.74 Å². The molecule has 27 heavy (non-hydrogen) atoms. The molecule has 0 saturated carbocycles. The molecule has 8 heteroatoms. The van der Waals surface area contributed by atoms with Crippen LogP contribution in [-0.4, -0.2) is 32.9 Å². The Morgan fingerprint density at radius 3 is 3.04 bits per heavy atom. The first-order valence-electron chi connectivity index (χ1n) is 8.73. The number of rotatable bonds is 4. The fourth-order valence-electron chi connectivity index (χ4n) is 3.59. The third-order valence-electron chi connectivity index (χ3n) is 4.91. The monoisotopic (exact) mass is 366 g/mol. The van der Waals surface area contributed by atoms with Crippen LogP contribution in [0.4, 0.5) is 11.4 Å². The number of carbonyl (C=O) groups is 1. The molecule has 0 aliphatic carbocycles.